The van der Waals surface area contributed by atoms with Crippen molar-refractivity contribution in [2.75, 3.05) is 6.54 Å². The Labute approximate surface area is 144 Å². The number of hydrogen-bond donors (Lipinski definition) is 0. The zero-order valence-electron chi connectivity index (χ0n) is 13.5. The molecule has 0 saturated carbocycles. The van der Waals surface area contributed by atoms with Crippen LogP contribution in [-0.4, -0.2) is 32.7 Å². The molecule has 2 aromatic rings. The fourth-order valence-electron chi connectivity index (χ4n) is 2.65. The Kier molecular flexibility index (Phi) is 4.19. The highest BCUT2D eigenvalue weighted by Crippen LogP contribution is 2.31. The molecule has 1 aromatic carbocycles. The van der Waals surface area contributed by atoms with Gasteiger partial charge in [-0.25, -0.2) is 9.78 Å². The number of amides is 1. The number of fused-ring (bicyclic) bond motifs is 1. The van der Waals surface area contributed by atoms with E-state index in [1.165, 1.54) is 0 Å². The molecule has 0 bridgehead atoms. The summed E-state index contributed by atoms with van der Waals surface area (Å²) < 4.78 is 8.43. The molecule has 0 N–H and O–H groups in total. The van der Waals surface area contributed by atoms with E-state index in [0.29, 0.717) is 19.6 Å². The number of ether oxygens (including phenoxy) is 1. The van der Waals surface area contributed by atoms with E-state index in [2.05, 4.69) is 37.6 Å². The first-order valence-corrected chi connectivity index (χ1v) is 8.43. The normalized spacial score (nSPS) is 14.5. The smallest absolute Gasteiger partial charge is 0.410 e. The Bertz CT molecular complexity index is 719. The summed E-state index contributed by atoms with van der Waals surface area (Å²) in [6, 6.07) is 10.1. The summed E-state index contributed by atoms with van der Waals surface area (Å²) in [5, 5.41) is 0. The molecule has 0 fully saturated rings. The highest BCUT2D eigenvalue weighted by atomic mass is 79.9. The Morgan fingerprint density at radius 2 is 1.91 bits per heavy atom. The number of benzene rings is 1. The van der Waals surface area contributed by atoms with Gasteiger partial charge in [0.2, 0.25) is 0 Å². The van der Waals surface area contributed by atoms with E-state index in [4.69, 9.17) is 4.74 Å². The molecule has 1 amide bonds. The van der Waals surface area contributed by atoms with Crippen LogP contribution in [0.4, 0.5) is 4.79 Å². The second-order valence-electron chi connectivity index (χ2n) is 6.59. The van der Waals surface area contributed by atoms with E-state index in [0.717, 1.165) is 21.7 Å². The molecule has 122 valence electrons. The van der Waals surface area contributed by atoms with Gasteiger partial charge in [0.1, 0.15) is 16.0 Å². The number of imidazole rings is 1. The number of aromatic nitrogens is 2. The van der Waals surface area contributed by atoms with E-state index in [-0.39, 0.29) is 6.09 Å². The molecule has 0 aliphatic carbocycles. The minimum absolute atomic E-state index is 0.288. The number of rotatable bonds is 1. The van der Waals surface area contributed by atoms with Crippen LogP contribution in [0, 0.1) is 0 Å². The molecule has 6 heteroatoms. The maximum atomic E-state index is 12.2. The Balaban J connectivity index is 1.85. The van der Waals surface area contributed by atoms with Crippen molar-refractivity contribution in [1.29, 1.82) is 0 Å². The van der Waals surface area contributed by atoms with Gasteiger partial charge in [0.15, 0.2) is 0 Å². The third-order valence-corrected chi connectivity index (χ3v) is 4.18. The lowest BCUT2D eigenvalue weighted by Crippen LogP contribution is -2.41. The largest absolute Gasteiger partial charge is 0.444 e. The van der Waals surface area contributed by atoms with E-state index >= 15 is 0 Å². The molecule has 0 saturated heterocycles. The third kappa shape index (κ3) is 3.42. The second-order valence-corrected chi connectivity index (χ2v) is 7.34. The molecule has 0 radical (unpaired) electrons. The number of nitrogens with zero attached hydrogens (tertiary/aromatic N) is 3. The first-order chi connectivity index (χ1) is 10.8. The van der Waals surface area contributed by atoms with Crippen LogP contribution in [0.15, 0.2) is 34.9 Å². The van der Waals surface area contributed by atoms with Crippen molar-refractivity contribution < 1.29 is 9.53 Å². The molecule has 2 heterocycles. The average molecular weight is 378 g/mol. The van der Waals surface area contributed by atoms with Crippen molar-refractivity contribution in [1.82, 2.24) is 14.5 Å². The van der Waals surface area contributed by atoms with Crippen LogP contribution in [0.3, 0.4) is 0 Å². The van der Waals surface area contributed by atoms with Gasteiger partial charge in [-0.3, -0.25) is 4.90 Å². The lowest BCUT2D eigenvalue weighted by Gasteiger charge is -2.30. The zero-order chi connectivity index (χ0) is 16.6. The summed E-state index contributed by atoms with van der Waals surface area (Å²) in [5.74, 6) is 0.868. The van der Waals surface area contributed by atoms with Crippen molar-refractivity contribution in [3.05, 3.63) is 40.8 Å². The van der Waals surface area contributed by atoms with Gasteiger partial charge in [0.05, 0.1) is 12.2 Å². The van der Waals surface area contributed by atoms with E-state index in [9.17, 15) is 4.79 Å². The fourth-order valence-corrected chi connectivity index (χ4v) is 3.30. The molecule has 5 nitrogen and oxygen atoms in total. The lowest BCUT2D eigenvalue weighted by molar-refractivity contribution is 0.0196. The van der Waals surface area contributed by atoms with E-state index in [1.54, 1.807) is 4.90 Å². The topological polar surface area (TPSA) is 47.4 Å². The van der Waals surface area contributed by atoms with E-state index in [1.807, 2.05) is 39.0 Å². The molecule has 0 atom stereocenters. The molecule has 0 spiro atoms. The number of hydrogen-bond acceptors (Lipinski definition) is 3. The van der Waals surface area contributed by atoms with Crippen LogP contribution in [0.2, 0.25) is 0 Å². The highest BCUT2D eigenvalue weighted by molar-refractivity contribution is 9.10. The first-order valence-electron chi connectivity index (χ1n) is 7.63. The first kappa shape index (κ1) is 16.1. The number of carbonyl (C=O) groups is 1. The summed E-state index contributed by atoms with van der Waals surface area (Å²) in [6.07, 6.45) is -0.288. The fraction of sp³-hybridized carbons (Fsp3) is 0.412. The molecule has 1 aliphatic heterocycles. The van der Waals surface area contributed by atoms with Gasteiger partial charge in [0, 0.05) is 18.7 Å². The van der Waals surface area contributed by atoms with Crippen LogP contribution in [0.5, 0.6) is 0 Å². The molecular formula is C17H20BrN3O2. The quantitative estimate of drug-likeness (QED) is 0.752. The standard InChI is InChI=1S/C17H20BrN3O2/c1-17(2,3)23-16(22)20-9-10-21-13(11-20)19-15(18)14(21)12-7-5-4-6-8-12/h4-8H,9-11H2,1-3H3. The van der Waals surface area contributed by atoms with Crippen LogP contribution >= 0.6 is 15.9 Å². The Morgan fingerprint density at radius 3 is 2.57 bits per heavy atom. The summed E-state index contributed by atoms with van der Waals surface area (Å²) >= 11 is 3.55. The average Bonchev–Trinajstić information content (AvgIpc) is 2.81. The minimum atomic E-state index is -0.486. The monoisotopic (exact) mass is 377 g/mol. The lowest BCUT2D eigenvalue weighted by atomic mass is 10.1. The van der Waals surface area contributed by atoms with Gasteiger partial charge in [-0.2, -0.15) is 0 Å². The number of halogens is 1. The predicted octanol–water partition coefficient (Wildman–Crippen LogP) is 4.06. The highest BCUT2D eigenvalue weighted by Gasteiger charge is 2.29. The van der Waals surface area contributed by atoms with Gasteiger partial charge in [-0.1, -0.05) is 30.3 Å². The maximum absolute atomic E-state index is 12.2. The number of carbonyl (C=O) groups excluding carboxylic acids is 1. The van der Waals surface area contributed by atoms with Crippen molar-refractivity contribution in [2.45, 2.75) is 39.5 Å². The van der Waals surface area contributed by atoms with Crippen molar-refractivity contribution in [3.63, 3.8) is 0 Å². The Hall–Kier alpha value is -1.82. The van der Waals surface area contributed by atoms with Crippen LogP contribution in [0.1, 0.15) is 26.6 Å². The van der Waals surface area contributed by atoms with Gasteiger partial charge in [-0.15, -0.1) is 0 Å². The van der Waals surface area contributed by atoms with Gasteiger partial charge in [0.25, 0.3) is 0 Å². The van der Waals surface area contributed by atoms with Crippen molar-refractivity contribution in [2.24, 2.45) is 0 Å². The third-order valence-electron chi connectivity index (χ3n) is 3.63. The summed E-state index contributed by atoms with van der Waals surface area (Å²) in [7, 11) is 0. The van der Waals surface area contributed by atoms with Gasteiger partial charge in [-0.05, 0) is 36.7 Å². The summed E-state index contributed by atoms with van der Waals surface area (Å²) in [5.41, 5.74) is 1.69. The Morgan fingerprint density at radius 1 is 1.22 bits per heavy atom. The molecule has 1 aliphatic rings. The van der Waals surface area contributed by atoms with Crippen LogP contribution in [0.25, 0.3) is 11.3 Å². The molecule has 0 unspecified atom stereocenters. The minimum Gasteiger partial charge on any atom is -0.444 e. The van der Waals surface area contributed by atoms with Crippen LogP contribution in [-0.2, 0) is 17.8 Å². The molecular weight excluding hydrogens is 358 g/mol. The van der Waals surface area contributed by atoms with Crippen molar-refractivity contribution >= 4 is 22.0 Å². The predicted molar refractivity (Wildman–Crippen MR) is 92.0 cm³/mol. The maximum Gasteiger partial charge on any atom is 0.410 e. The summed E-state index contributed by atoms with van der Waals surface area (Å²) in [6.45, 7) is 7.40. The molecule has 23 heavy (non-hydrogen) atoms. The van der Waals surface area contributed by atoms with Gasteiger partial charge < -0.3 is 9.30 Å². The summed E-state index contributed by atoms with van der Waals surface area (Å²) in [4.78, 5) is 18.5. The molecule has 1 aromatic heterocycles. The zero-order valence-corrected chi connectivity index (χ0v) is 15.1. The van der Waals surface area contributed by atoms with Gasteiger partial charge >= 0.3 is 6.09 Å². The van der Waals surface area contributed by atoms with Crippen molar-refractivity contribution in [3.8, 4) is 11.3 Å². The second kappa shape index (κ2) is 6.00. The van der Waals surface area contributed by atoms with E-state index < -0.39 is 5.60 Å². The van der Waals surface area contributed by atoms with Crippen LogP contribution < -0.4 is 0 Å². The molecule has 3 rings (SSSR count). The SMILES string of the molecule is CC(C)(C)OC(=O)N1CCn2c(nc(Br)c2-c2ccccc2)C1.